The molecule has 154 valence electrons. The number of aliphatic hydroxyl groups excluding tert-OH is 1. The number of benzene rings is 2. The number of fused-ring (bicyclic) bond motifs is 1. The fourth-order valence-corrected chi connectivity index (χ4v) is 4.62. The topological polar surface area (TPSA) is 99.7 Å². The molecular formula is C20H21BrN2O5S. The van der Waals surface area contributed by atoms with E-state index in [1.165, 1.54) is 12.1 Å². The summed E-state index contributed by atoms with van der Waals surface area (Å²) in [4.78, 5) is 15.4. The van der Waals surface area contributed by atoms with E-state index in [2.05, 4.69) is 20.9 Å². The zero-order valence-electron chi connectivity index (χ0n) is 15.8. The van der Waals surface area contributed by atoms with Crippen LogP contribution in [-0.2, 0) is 16.6 Å². The van der Waals surface area contributed by atoms with Gasteiger partial charge < -0.3 is 14.8 Å². The predicted octanol–water partition coefficient (Wildman–Crippen LogP) is 2.87. The summed E-state index contributed by atoms with van der Waals surface area (Å²) in [5.41, 5.74) is 0.530. The summed E-state index contributed by atoms with van der Waals surface area (Å²) in [5, 5.41) is 10.1. The number of hydrogen-bond donors (Lipinski definition) is 2. The standard InChI is InChI=1S/C20H21BrN2O5S/c1-2-28-17-5-8-19-14(12-17)11-15(20(25)22-19)13-23(9-10-24)29(26,27)18-6-3-16(21)4-7-18/h3-8,11-12,24H,2,9-10,13H2,1H3,(H,22,25). The van der Waals surface area contributed by atoms with Gasteiger partial charge in [0.25, 0.3) is 5.56 Å². The third-order valence-corrected chi connectivity index (χ3v) is 6.74. The van der Waals surface area contributed by atoms with Gasteiger partial charge in [0.2, 0.25) is 10.0 Å². The van der Waals surface area contributed by atoms with Crippen molar-refractivity contribution >= 4 is 36.9 Å². The number of nitrogens with zero attached hydrogens (tertiary/aromatic N) is 1. The molecule has 0 radical (unpaired) electrons. The molecule has 2 aromatic carbocycles. The van der Waals surface area contributed by atoms with Crippen LogP contribution in [0.5, 0.6) is 5.75 Å². The molecule has 0 aliphatic heterocycles. The van der Waals surface area contributed by atoms with Crippen LogP contribution in [0, 0.1) is 0 Å². The van der Waals surface area contributed by atoms with E-state index in [1.807, 2.05) is 6.92 Å². The maximum absolute atomic E-state index is 13.0. The number of sulfonamides is 1. The van der Waals surface area contributed by atoms with Crippen LogP contribution in [0.3, 0.4) is 0 Å². The summed E-state index contributed by atoms with van der Waals surface area (Å²) < 4.78 is 33.4. The molecular weight excluding hydrogens is 460 g/mol. The normalized spacial score (nSPS) is 11.9. The third-order valence-electron chi connectivity index (χ3n) is 4.35. The molecule has 0 saturated carbocycles. The molecule has 2 N–H and O–H groups in total. The Labute approximate surface area is 177 Å². The maximum Gasteiger partial charge on any atom is 0.252 e. The summed E-state index contributed by atoms with van der Waals surface area (Å²) in [7, 11) is -3.89. The van der Waals surface area contributed by atoms with Crippen LogP contribution in [-0.4, -0.2) is 42.6 Å². The molecule has 3 rings (SSSR count). The number of aromatic nitrogens is 1. The van der Waals surface area contributed by atoms with Gasteiger partial charge in [-0.3, -0.25) is 4.79 Å². The van der Waals surface area contributed by atoms with E-state index in [0.717, 1.165) is 14.2 Å². The lowest BCUT2D eigenvalue weighted by atomic mass is 10.1. The number of H-pyrrole nitrogens is 1. The Bertz CT molecular complexity index is 1160. The molecule has 0 aliphatic rings. The van der Waals surface area contributed by atoms with Gasteiger partial charge in [0, 0.05) is 34.0 Å². The number of halogens is 1. The molecule has 1 heterocycles. The molecule has 0 fully saturated rings. The van der Waals surface area contributed by atoms with Crippen molar-refractivity contribution in [2.24, 2.45) is 0 Å². The summed E-state index contributed by atoms with van der Waals surface area (Å²) in [6.07, 6.45) is 0. The molecule has 3 aromatic rings. The van der Waals surface area contributed by atoms with Crippen molar-refractivity contribution in [1.29, 1.82) is 0 Å². The Morgan fingerprint density at radius 2 is 1.86 bits per heavy atom. The monoisotopic (exact) mass is 480 g/mol. The van der Waals surface area contributed by atoms with Crippen molar-refractivity contribution in [3.8, 4) is 5.75 Å². The number of nitrogens with one attached hydrogen (secondary N) is 1. The van der Waals surface area contributed by atoms with Gasteiger partial charge in [-0.05, 0) is 55.5 Å². The van der Waals surface area contributed by atoms with Crippen LogP contribution in [0.15, 0.2) is 62.7 Å². The van der Waals surface area contributed by atoms with Gasteiger partial charge >= 0.3 is 0 Å². The van der Waals surface area contributed by atoms with Crippen LogP contribution < -0.4 is 10.3 Å². The number of hydrogen-bond acceptors (Lipinski definition) is 5. The van der Waals surface area contributed by atoms with Crippen molar-refractivity contribution in [3.05, 3.63) is 68.9 Å². The van der Waals surface area contributed by atoms with Crippen molar-refractivity contribution in [2.45, 2.75) is 18.4 Å². The Balaban J connectivity index is 1.99. The van der Waals surface area contributed by atoms with Gasteiger partial charge in [0.05, 0.1) is 18.1 Å². The summed E-state index contributed by atoms with van der Waals surface area (Å²) in [5.74, 6) is 0.660. The lowest BCUT2D eigenvalue weighted by Crippen LogP contribution is -2.35. The number of aromatic amines is 1. The van der Waals surface area contributed by atoms with Gasteiger partial charge in [-0.15, -0.1) is 0 Å². The fourth-order valence-electron chi connectivity index (χ4n) is 2.95. The molecule has 7 nitrogen and oxygen atoms in total. The van der Waals surface area contributed by atoms with E-state index in [0.29, 0.717) is 17.9 Å². The maximum atomic E-state index is 13.0. The quantitative estimate of drug-likeness (QED) is 0.516. The first-order chi connectivity index (χ1) is 13.8. The van der Waals surface area contributed by atoms with E-state index in [4.69, 9.17) is 4.74 Å². The fraction of sp³-hybridized carbons (Fsp3) is 0.250. The molecule has 1 aromatic heterocycles. The van der Waals surface area contributed by atoms with Crippen LogP contribution in [0.2, 0.25) is 0 Å². The highest BCUT2D eigenvalue weighted by Gasteiger charge is 2.25. The van der Waals surface area contributed by atoms with Gasteiger partial charge in [0.15, 0.2) is 0 Å². The number of pyridine rings is 1. The minimum absolute atomic E-state index is 0.0880. The Morgan fingerprint density at radius 3 is 2.52 bits per heavy atom. The molecule has 0 atom stereocenters. The molecule has 0 spiro atoms. The van der Waals surface area contributed by atoms with Crippen LogP contribution >= 0.6 is 15.9 Å². The van der Waals surface area contributed by atoms with Crippen molar-refractivity contribution in [1.82, 2.24) is 9.29 Å². The SMILES string of the molecule is CCOc1ccc2[nH]c(=O)c(CN(CCO)S(=O)(=O)c3ccc(Br)cc3)cc2c1. The molecule has 0 saturated heterocycles. The smallest absolute Gasteiger partial charge is 0.252 e. The molecule has 29 heavy (non-hydrogen) atoms. The Hall–Kier alpha value is -2.20. The van der Waals surface area contributed by atoms with Crippen molar-refractivity contribution in [3.63, 3.8) is 0 Å². The lowest BCUT2D eigenvalue weighted by Gasteiger charge is -2.21. The summed E-state index contributed by atoms with van der Waals surface area (Å²) in [6.45, 7) is 1.73. The first-order valence-corrected chi connectivity index (χ1v) is 11.2. The van der Waals surface area contributed by atoms with E-state index in [-0.39, 0.29) is 35.7 Å². The van der Waals surface area contributed by atoms with Crippen LogP contribution in [0.25, 0.3) is 10.9 Å². The summed E-state index contributed by atoms with van der Waals surface area (Å²) in [6, 6.07) is 13.2. The number of aliphatic hydroxyl groups is 1. The average molecular weight is 481 g/mol. The number of ether oxygens (including phenoxy) is 1. The Kier molecular flexibility index (Phi) is 6.74. The average Bonchev–Trinajstić information content (AvgIpc) is 2.69. The van der Waals surface area contributed by atoms with Gasteiger partial charge in [0.1, 0.15) is 5.75 Å². The minimum Gasteiger partial charge on any atom is -0.494 e. The predicted molar refractivity (Wildman–Crippen MR) is 115 cm³/mol. The summed E-state index contributed by atoms with van der Waals surface area (Å²) >= 11 is 3.28. The van der Waals surface area contributed by atoms with Gasteiger partial charge in [-0.1, -0.05) is 15.9 Å². The number of rotatable bonds is 8. The second-order valence-electron chi connectivity index (χ2n) is 6.32. The van der Waals surface area contributed by atoms with Crippen LogP contribution in [0.1, 0.15) is 12.5 Å². The van der Waals surface area contributed by atoms with E-state index in [9.17, 15) is 18.3 Å². The highest BCUT2D eigenvalue weighted by atomic mass is 79.9. The van der Waals surface area contributed by atoms with Crippen molar-refractivity contribution in [2.75, 3.05) is 19.8 Å². The molecule has 0 aliphatic carbocycles. The first-order valence-electron chi connectivity index (χ1n) is 9.00. The Morgan fingerprint density at radius 1 is 1.14 bits per heavy atom. The first kappa shape index (κ1) is 21.5. The van der Waals surface area contributed by atoms with E-state index >= 15 is 0 Å². The second-order valence-corrected chi connectivity index (χ2v) is 9.18. The zero-order chi connectivity index (χ0) is 21.0. The van der Waals surface area contributed by atoms with Gasteiger partial charge in [-0.25, -0.2) is 8.42 Å². The molecule has 0 amide bonds. The molecule has 0 unspecified atom stereocenters. The molecule has 0 bridgehead atoms. The van der Waals surface area contributed by atoms with E-state index in [1.54, 1.807) is 36.4 Å². The molecule has 9 heteroatoms. The lowest BCUT2D eigenvalue weighted by molar-refractivity contribution is 0.251. The van der Waals surface area contributed by atoms with E-state index < -0.39 is 10.0 Å². The largest absolute Gasteiger partial charge is 0.494 e. The van der Waals surface area contributed by atoms with Crippen LogP contribution in [0.4, 0.5) is 0 Å². The third kappa shape index (κ3) is 4.87. The van der Waals surface area contributed by atoms with Crippen molar-refractivity contribution < 1.29 is 18.3 Å². The highest BCUT2D eigenvalue weighted by molar-refractivity contribution is 9.10. The zero-order valence-corrected chi connectivity index (χ0v) is 18.2. The highest BCUT2D eigenvalue weighted by Crippen LogP contribution is 2.22. The van der Waals surface area contributed by atoms with Gasteiger partial charge in [-0.2, -0.15) is 4.31 Å². The second kappa shape index (κ2) is 9.08. The minimum atomic E-state index is -3.89.